The molecule has 2 aromatic rings. The molecule has 1 aromatic carbocycles. The van der Waals surface area contributed by atoms with Crippen LogP contribution < -0.4 is 0 Å². The average Bonchev–Trinajstić information content (AvgIpc) is 2.72. The van der Waals surface area contributed by atoms with Gasteiger partial charge in [0.15, 0.2) is 0 Å². The molecule has 2 atom stereocenters. The molecule has 0 saturated carbocycles. The van der Waals surface area contributed by atoms with E-state index in [1.54, 1.807) is 0 Å². The summed E-state index contributed by atoms with van der Waals surface area (Å²) in [5.74, 6) is 0.569. The predicted octanol–water partition coefficient (Wildman–Crippen LogP) is 2.83. The number of aliphatic hydroxyl groups is 1. The fourth-order valence-corrected chi connectivity index (χ4v) is 2.09. The molecule has 3 heteroatoms. The van der Waals surface area contributed by atoms with Crippen LogP contribution in [0.5, 0.6) is 0 Å². The number of fused-ring (bicyclic) bond motifs is 1. The molecule has 2 rings (SSSR count). The van der Waals surface area contributed by atoms with E-state index in [0.717, 1.165) is 23.9 Å². The van der Waals surface area contributed by atoms with E-state index in [9.17, 15) is 5.11 Å². The number of nitrogens with zero attached hydrogens (tertiary/aromatic N) is 2. The van der Waals surface area contributed by atoms with E-state index in [1.807, 2.05) is 35.2 Å². The second-order valence-corrected chi connectivity index (χ2v) is 4.79. The van der Waals surface area contributed by atoms with Gasteiger partial charge in [-0.25, -0.2) is 4.98 Å². The monoisotopic (exact) mass is 232 g/mol. The van der Waals surface area contributed by atoms with Crippen LogP contribution in [0.3, 0.4) is 0 Å². The van der Waals surface area contributed by atoms with Gasteiger partial charge < -0.3 is 9.67 Å². The highest BCUT2D eigenvalue weighted by Gasteiger charge is 2.11. The number of aromatic nitrogens is 2. The molecule has 0 fully saturated rings. The quantitative estimate of drug-likeness (QED) is 0.860. The SMILES string of the molecule is CCC(C)CC(O)Cn1cnc2ccccc21. The van der Waals surface area contributed by atoms with E-state index in [2.05, 4.69) is 18.8 Å². The summed E-state index contributed by atoms with van der Waals surface area (Å²) in [5.41, 5.74) is 2.08. The van der Waals surface area contributed by atoms with Gasteiger partial charge in [0.05, 0.1) is 30.0 Å². The Bertz CT molecular complexity index is 478. The van der Waals surface area contributed by atoms with Crippen molar-refractivity contribution >= 4 is 11.0 Å². The number of hydrogen-bond acceptors (Lipinski definition) is 2. The maximum atomic E-state index is 10.0. The maximum Gasteiger partial charge on any atom is 0.0959 e. The Hall–Kier alpha value is -1.35. The number of aliphatic hydroxyl groups excluding tert-OH is 1. The predicted molar refractivity (Wildman–Crippen MR) is 69.8 cm³/mol. The first-order valence-corrected chi connectivity index (χ1v) is 6.28. The summed E-state index contributed by atoms with van der Waals surface area (Å²) in [7, 11) is 0. The second-order valence-electron chi connectivity index (χ2n) is 4.79. The van der Waals surface area contributed by atoms with Gasteiger partial charge in [-0.1, -0.05) is 32.4 Å². The van der Waals surface area contributed by atoms with Crippen molar-refractivity contribution < 1.29 is 5.11 Å². The van der Waals surface area contributed by atoms with Crippen molar-refractivity contribution in [2.24, 2.45) is 5.92 Å². The Morgan fingerprint density at radius 2 is 2.12 bits per heavy atom. The van der Waals surface area contributed by atoms with Crippen molar-refractivity contribution in [3.05, 3.63) is 30.6 Å². The minimum atomic E-state index is -0.289. The first kappa shape index (κ1) is 12.1. The molecule has 2 unspecified atom stereocenters. The highest BCUT2D eigenvalue weighted by Crippen LogP contribution is 2.15. The normalized spacial score (nSPS) is 15.0. The summed E-state index contributed by atoms with van der Waals surface area (Å²) in [6, 6.07) is 8.02. The summed E-state index contributed by atoms with van der Waals surface area (Å²) < 4.78 is 2.03. The molecule has 1 aromatic heterocycles. The molecule has 1 heterocycles. The lowest BCUT2D eigenvalue weighted by atomic mass is 10.0. The lowest BCUT2D eigenvalue weighted by molar-refractivity contribution is 0.127. The number of rotatable bonds is 5. The van der Waals surface area contributed by atoms with Gasteiger partial charge in [0, 0.05) is 0 Å². The van der Waals surface area contributed by atoms with Crippen LogP contribution in [0.25, 0.3) is 11.0 Å². The molecule has 0 aliphatic rings. The third-order valence-electron chi connectivity index (χ3n) is 3.31. The summed E-state index contributed by atoms with van der Waals surface area (Å²) in [6.45, 7) is 4.96. The van der Waals surface area contributed by atoms with Crippen LogP contribution in [-0.4, -0.2) is 20.8 Å². The van der Waals surface area contributed by atoms with Crippen LogP contribution in [-0.2, 0) is 6.54 Å². The zero-order valence-corrected chi connectivity index (χ0v) is 10.5. The Labute approximate surface area is 102 Å². The smallest absolute Gasteiger partial charge is 0.0959 e. The Kier molecular flexibility index (Phi) is 3.79. The van der Waals surface area contributed by atoms with Crippen LogP contribution in [0.1, 0.15) is 26.7 Å². The highest BCUT2D eigenvalue weighted by molar-refractivity contribution is 5.74. The molecule has 92 valence electrons. The van der Waals surface area contributed by atoms with Gasteiger partial charge in [-0.3, -0.25) is 0 Å². The summed E-state index contributed by atoms with van der Waals surface area (Å²) in [6.07, 6.45) is 3.48. The van der Waals surface area contributed by atoms with E-state index >= 15 is 0 Å². The third kappa shape index (κ3) is 2.86. The minimum absolute atomic E-state index is 0.289. The lowest BCUT2D eigenvalue weighted by Gasteiger charge is -2.15. The zero-order chi connectivity index (χ0) is 12.3. The van der Waals surface area contributed by atoms with Gasteiger partial charge in [0.2, 0.25) is 0 Å². The van der Waals surface area contributed by atoms with Gasteiger partial charge in [0.1, 0.15) is 0 Å². The van der Waals surface area contributed by atoms with Gasteiger partial charge in [0.25, 0.3) is 0 Å². The first-order valence-electron chi connectivity index (χ1n) is 6.28. The third-order valence-corrected chi connectivity index (χ3v) is 3.31. The van der Waals surface area contributed by atoms with Crippen molar-refractivity contribution in [3.8, 4) is 0 Å². The van der Waals surface area contributed by atoms with Crippen molar-refractivity contribution in [2.45, 2.75) is 39.3 Å². The fourth-order valence-electron chi connectivity index (χ4n) is 2.09. The van der Waals surface area contributed by atoms with Crippen molar-refractivity contribution in [3.63, 3.8) is 0 Å². The average molecular weight is 232 g/mol. The first-order chi connectivity index (χ1) is 8.20. The van der Waals surface area contributed by atoms with E-state index in [-0.39, 0.29) is 6.10 Å². The molecule has 0 saturated heterocycles. The van der Waals surface area contributed by atoms with E-state index < -0.39 is 0 Å². The Morgan fingerprint density at radius 1 is 1.35 bits per heavy atom. The number of para-hydroxylation sites is 2. The minimum Gasteiger partial charge on any atom is -0.391 e. The molecule has 0 aliphatic heterocycles. The van der Waals surface area contributed by atoms with E-state index in [0.29, 0.717) is 12.5 Å². The second kappa shape index (κ2) is 5.32. The fraction of sp³-hybridized carbons (Fsp3) is 0.500. The summed E-state index contributed by atoms with van der Waals surface area (Å²) in [5, 5.41) is 10.0. The van der Waals surface area contributed by atoms with Gasteiger partial charge in [-0.05, 0) is 24.5 Å². The van der Waals surface area contributed by atoms with Crippen LogP contribution in [0.2, 0.25) is 0 Å². The molecule has 0 spiro atoms. The molecule has 0 bridgehead atoms. The number of benzene rings is 1. The van der Waals surface area contributed by atoms with Gasteiger partial charge in [-0.2, -0.15) is 0 Å². The Morgan fingerprint density at radius 3 is 2.88 bits per heavy atom. The molecule has 1 N–H and O–H groups in total. The summed E-state index contributed by atoms with van der Waals surface area (Å²) >= 11 is 0. The number of imidazole rings is 1. The maximum absolute atomic E-state index is 10.0. The highest BCUT2D eigenvalue weighted by atomic mass is 16.3. The number of hydrogen-bond donors (Lipinski definition) is 1. The standard InChI is InChI=1S/C14H20N2O/c1-3-11(2)8-12(17)9-16-10-15-13-6-4-5-7-14(13)16/h4-7,10-12,17H,3,8-9H2,1-2H3. The van der Waals surface area contributed by atoms with Crippen LogP contribution in [0.4, 0.5) is 0 Å². The topological polar surface area (TPSA) is 38.0 Å². The van der Waals surface area contributed by atoms with Crippen molar-refractivity contribution in [2.75, 3.05) is 0 Å². The molecule has 17 heavy (non-hydrogen) atoms. The molecule has 3 nitrogen and oxygen atoms in total. The molecule has 0 aliphatic carbocycles. The van der Waals surface area contributed by atoms with Crippen LogP contribution in [0.15, 0.2) is 30.6 Å². The summed E-state index contributed by atoms with van der Waals surface area (Å²) in [4.78, 5) is 4.32. The largest absolute Gasteiger partial charge is 0.391 e. The van der Waals surface area contributed by atoms with Crippen LogP contribution in [0, 0.1) is 5.92 Å². The molecular weight excluding hydrogens is 212 g/mol. The van der Waals surface area contributed by atoms with Crippen molar-refractivity contribution in [1.82, 2.24) is 9.55 Å². The molecule has 0 radical (unpaired) electrons. The molecular formula is C14H20N2O. The zero-order valence-electron chi connectivity index (χ0n) is 10.5. The van der Waals surface area contributed by atoms with Gasteiger partial charge in [-0.15, -0.1) is 0 Å². The molecule has 0 amide bonds. The van der Waals surface area contributed by atoms with E-state index in [1.165, 1.54) is 0 Å². The Balaban J connectivity index is 2.08. The van der Waals surface area contributed by atoms with E-state index in [4.69, 9.17) is 0 Å². The van der Waals surface area contributed by atoms with Crippen molar-refractivity contribution in [1.29, 1.82) is 0 Å². The van der Waals surface area contributed by atoms with Crippen LogP contribution >= 0.6 is 0 Å². The van der Waals surface area contributed by atoms with Gasteiger partial charge >= 0.3 is 0 Å². The lowest BCUT2D eigenvalue weighted by Crippen LogP contribution is -2.18.